The summed E-state index contributed by atoms with van der Waals surface area (Å²) in [5.74, 6) is -0.836. The van der Waals surface area contributed by atoms with Crippen LogP contribution in [0.1, 0.15) is 18.5 Å². The van der Waals surface area contributed by atoms with E-state index in [4.69, 9.17) is 5.11 Å². The number of aliphatic carboxylic acids is 1. The monoisotopic (exact) mass is 221 g/mol. The molecule has 1 aliphatic rings. The largest absolute Gasteiger partial charge is 0.481 e. The Bertz CT molecular complexity index is 348. The summed E-state index contributed by atoms with van der Waals surface area (Å²) in [5.41, 5.74) is 0.941. The molecular weight excluding hydrogens is 206 g/mol. The van der Waals surface area contributed by atoms with Gasteiger partial charge in [0, 0.05) is 25.1 Å². The summed E-state index contributed by atoms with van der Waals surface area (Å²) in [7, 11) is 0. The van der Waals surface area contributed by atoms with Crippen molar-refractivity contribution >= 4 is 5.97 Å². The van der Waals surface area contributed by atoms with Crippen LogP contribution < -0.4 is 0 Å². The molecule has 1 fully saturated rings. The average molecular weight is 221 g/mol. The van der Waals surface area contributed by atoms with E-state index >= 15 is 0 Å². The van der Waals surface area contributed by atoms with Crippen LogP contribution in [0.4, 0.5) is 0 Å². The third kappa shape index (κ3) is 2.76. The maximum Gasteiger partial charge on any atom is 0.306 e. The van der Waals surface area contributed by atoms with Crippen LogP contribution in [-0.2, 0) is 11.3 Å². The molecule has 0 aromatic carbocycles. The van der Waals surface area contributed by atoms with Crippen molar-refractivity contribution in [2.45, 2.75) is 19.4 Å². The SMILES string of the molecule is O=C(O)C1CCN(Cc2cnccn2)CC1. The Morgan fingerprint density at radius 3 is 2.75 bits per heavy atom. The lowest BCUT2D eigenvalue weighted by atomic mass is 9.97. The molecule has 1 aromatic rings. The number of likely N-dealkylation sites (tertiary alicyclic amines) is 1. The summed E-state index contributed by atoms with van der Waals surface area (Å²) in [6.07, 6.45) is 6.55. The zero-order chi connectivity index (χ0) is 11.4. The molecule has 5 heteroatoms. The van der Waals surface area contributed by atoms with Crippen molar-refractivity contribution < 1.29 is 9.90 Å². The fraction of sp³-hybridized carbons (Fsp3) is 0.545. The van der Waals surface area contributed by atoms with E-state index in [-0.39, 0.29) is 5.92 Å². The molecule has 2 heterocycles. The van der Waals surface area contributed by atoms with E-state index in [1.165, 1.54) is 0 Å². The third-order valence-electron chi connectivity index (χ3n) is 2.94. The van der Waals surface area contributed by atoms with E-state index in [1.54, 1.807) is 18.6 Å². The van der Waals surface area contributed by atoms with E-state index in [0.717, 1.165) is 38.2 Å². The lowest BCUT2D eigenvalue weighted by Crippen LogP contribution is -2.36. The smallest absolute Gasteiger partial charge is 0.306 e. The lowest BCUT2D eigenvalue weighted by molar-refractivity contribution is -0.143. The quantitative estimate of drug-likeness (QED) is 0.816. The molecule has 2 rings (SSSR count). The first-order chi connectivity index (χ1) is 7.75. The maximum atomic E-state index is 10.8. The highest BCUT2D eigenvalue weighted by atomic mass is 16.4. The van der Waals surface area contributed by atoms with Gasteiger partial charge in [0.2, 0.25) is 0 Å². The highest BCUT2D eigenvalue weighted by Gasteiger charge is 2.24. The van der Waals surface area contributed by atoms with Gasteiger partial charge in [-0.15, -0.1) is 0 Å². The Morgan fingerprint density at radius 2 is 2.19 bits per heavy atom. The van der Waals surface area contributed by atoms with Gasteiger partial charge in [0.1, 0.15) is 0 Å². The molecule has 1 N–H and O–H groups in total. The fourth-order valence-electron chi connectivity index (χ4n) is 1.98. The van der Waals surface area contributed by atoms with Crippen LogP contribution in [0.25, 0.3) is 0 Å². The first-order valence-electron chi connectivity index (χ1n) is 5.46. The van der Waals surface area contributed by atoms with Gasteiger partial charge < -0.3 is 5.11 Å². The number of carbonyl (C=O) groups is 1. The molecule has 0 aliphatic carbocycles. The minimum absolute atomic E-state index is 0.168. The minimum Gasteiger partial charge on any atom is -0.481 e. The van der Waals surface area contributed by atoms with Gasteiger partial charge in [0.05, 0.1) is 11.6 Å². The highest BCUT2D eigenvalue weighted by Crippen LogP contribution is 2.18. The van der Waals surface area contributed by atoms with Crippen molar-refractivity contribution in [3.05, 3.63) is 24.3 Å². The molecule has 86 valence electrons. The Morgan fingerprint density at radius 1 is 1.44 bits per heavy atom. The summed E-state index contributed by atoms with van der Waals surface area (Å²) in [5, 5.41) is 8.87. The van der Waals surface area contributed by atoms with Crippen LogP contribution in [0.3, 0.4) is 0 Å². The van der Waals surface area contributed by atoms with E-state index in [1.807, 2.05) is 0 Å². The van der Waals surface area contributed by atoms with Gasteiger partial charge in [-0.25, -0.2) is 0 Å². The van der Waals surface area contributed by atoms with Gasteiger partial charge in [0.15, 0.2) is 0 Å². The molecule has 0 atom stereocenters. The maximum absolute atomic E-state index is 10.8. The van der Waals surface area contributed by atoms with Crippen LogP contribution in [-0.4, -0.2) is 39.0 Å². The second-order valence-electron chi connectivity index (χ2n) is 4.09. The van der Waals surface area contributed by atoms with Crippen LogP contribution in [0.2, 0.25) is 0 Å². The predicted octanol–water partition coefficient (Wildman–Crippen LogP) is 0.773. The zero-order valence-corrected chi connectivity index (χ0v) is 9.04. The van der Waals surface area contributed by atoms with Crippen molar-refractivity contribution in [1.82, 2.24) is 14.9 Å². The fourth-order valence-corrected chi connectivity index (χ4v) is 1.98. The van der Waals surface area contributed by atoms with E-state index in [2.05, 4.69) is 14.9 Å². The van der Waals surface area contributed by atoms with Crippen LogP contribution >= 0.6 is 0 Å². The first kappa shape index (κ1) is 11.0. The number of carboxylic acid groups (broad SMARTS) is 1. The second kappa shape index (κ2) is 5.03. The second-order valence-corrected chi connectivity index (χ2v) is 4.09. The van der Waals surface area contributed by atoms with Crippen LogP contribution in [0.15, 0.2) is 18.6 Å². The van der Waals surface area contributed by atoms with Crippen LogP contribution in [0.5, 0.6) is 0 Å². The van der Waals surface area contributed by atoms with Crippen molar-refractivity contribution in [3.63, 3.8) is 0 Å². The molecule has 1 aromatic heterocycles. The van der Waals surface area contributed by atoms with Gasteiger partial charge in [-0.2, -0.15) is 0 Å². The molecule has 0 spiro atoms. The van der Waals surface area contributed by atoms with Crippen molar-refractivity contribution in [3.8, 4) is 0 Å². The summed E-state index contributed by atoms with van der Waals surface area (Å²) in [6, 6.07) is 0. The van der Waals surface area contributed by atoms with E-state index in [9.17, 15) is 4.79 Å². The van der Waals surface area contributed by atoms with Crippen LogP contribution in [0, 0.1) is 5.92 Å². The number of aromatic nitrogens is 2. The van der Waals surface area contributed by atoms with Gasteiger partial charge in [-0.1, -0.05) is 0 Å². The third-order valence-corrected chi connectivity index (χ3v) is 2.94. The molecule has 0 bridgehead atoms. The van der Waals surface area contributed by atoms with E-state index in [0.29, 0.717) is 0 Å². The van der Waals surface area contributed by atoms with Gasteiger partial charge in [-0.05, 0) is 25.9 Å². The van der Waals surface area contributed by atoms with E-state index < -0.39 is 5.97 Å². The normalized spacial score (nSPS) is 18.5. The summed E-state index contributed by atoms with van der Waals surface area (Å²) in [4.78, 5) is 21.2. The number of piperidine rings is 1. The Hall–Kier alpha value is -1.49. The molecule has 16 heavy (non-hydrogen) atoms. The van der Waals surface area contributed by atoms with Gasteiger partial charge in [-0.3, -0.25) is 19.7 Å². The van der Waals surface area contributed by atoms with Crippen molar-refractivity contribution in [1.29, 1.82) is 0 Å². The lowest BCUT2D eigenvalue weighted by Gasteiger charge is -2.29. The Labute approximate surface area is 94.1 Å². The van der Waals surface area contributed by atoms with Gasteiger partial charge >= 0.3 is 5.97 Å². The standard InChI is InChI=1S/C11H15N3O2/c15-11(16)9-1-5-14(6-2-9)8-10-7-12-3-4-13-10/h3-4,7,9H,1-2,5-6,8H2,(H,15,16). The average Bonchev–Trinajstić information content (AvgIpc) is 2.31. The first-order valence-corrected chi connectivity index (χ1v) is 5.46. The molecule has 0 unspecified atom stereocenters. The van der Waals surface area contributed by atoms with Crippen molar-refractivity contribution in [2.75, 3.05) is 13.1 Å². The zero-order valence-electron chi connectivity index (χ0n) is 9.04. The molecule has 0 radical (unpaired) electrons. The minimum atomic E-state index is -0.667. The molecule has 0 saturated carbocycles. The number of hydrogen-bond acceptors (Lipinski definition) is 4. The predicted molar refractivity (Wildman–Crippen MR) is 57.7 cm³/mol. The number of hydrogen-bond donors (Lipinski definition) is 1. The number of rotatable bonds is 3. The number of carboxylic acids is 1. The molecule has 1 aliphatic heterocycles. The molecule has 1 saturated heterocycles. The Balaban J connectivity index is 1.84. The molecule has 0 amide bonds. The molecular formula is C11H15N3O2. The highest BCUT2D eigenvalue weighted by molar-refractivity contribution is 5.70. The summed E-state index contributed by atoms with van der Waals surface area (Å²) in [6.45, 7) is 2.42. The summed E-state index contributed by atoms with van der Waals surface area (Å²) >= 11 is 0. The topological polar surface area (TPSA) is 66.3 Å². The van der Waals surface area contributed by atoms with Gasteiger partial charge in [0.25, 0.3) is 0 Å². The Kier molecular flexibility index (Phi) is 3.46. The summed E-state index contributed by atoms with van der Waals surface area (Å²) < 4.78 is 0. The number of nitrogens with zero attached hydrogens (tertiary/aromatic N) is 3. The molecule has 5 nitrogen and oxygen atoms in total. The van der Waals surface area contributed by atoms with Crippen molar-refractivity contribution in [2.24, 2.45) is 5.92 Å².